The van der Waals surface area contributed by atoms with E-state index < -0.39 is 17.1 Å². The quantitative estimate of drug-likeness (QED) is 0.594. The Bertz CT molecular complexity index is 460. The second kappa shape index (κ2) is 4.19. The molecule has 1 aromatic rings. The molecule has 0 aliphatic carbocycles. The van der Waals surface area contributed by atoms with Crippen LogP contribution in [0.15, 0.2) is 12.1 Å². The van der Waals surface area contributed by atoms with Gasteiger partial charge in [-0.3, -0.25) is 10.1 Å². The van der Waals surface area contributed by atoms with E-state index in [1.807, 2.05) is 0 Å². The summed E-state index contributed by atoms with van der Waals surface area (Å²) >= 11 is 0. The lowest BCUT2D eigenvalue weighted by molar-refractivity contribution is -0.385. The molecule has 0 aromatic heterocycles. The van der Waals surface area contributed by atoms with Gasteiger partial charge in [-0.05, 0) is 13.0 Å². The number of aliphatic hydroxyl groups is 1. The maximum Gasteiger partial charge on any atom is 0.278 e. The maximum absolute atomic E-state index is 10.9. The Hall–Kier alpha value is -1.86. The Labute approximate surface area is 96.9 Å². The molecule has 7 heteroatoms. The second-order valence-corrected chi connectivity index (χ2v) is 3.79. The number of fused-ring (bicyclic) bond motifs is 1. The van der Waals surface area contributed by atoms with Gasteiger partial charge in [-0.1, -0.05) is 0 Å². The third kappa shape index (κ3) is 2.02. The molecule has 2 rings (SSSR count). The summed E-state index contributed by atoms with van der Waals surface area (Å²) in [6, 6.07) is 1.86. The van der Waals surface area contributed by atoms with E-state index in [9.17, 15) is 15.2 Å². The molecule has 0 saturated heterocycles. The lowest BCUT2D eigenvalue weighted by Gasteiger charge is -2.15. The number of benzene rings is 1. The zero-order chi connectivity index (χ0) is 12.6. The van der Waals surface area contributed by atoms with E-state index in [0.717, 1.165) is 0 Å². The lowest BCUT2D eigenvalue weighted by Crippen LogP contribution is -2.24. The van der Waals surface area contributed by atoms with Crippen LogP contribution in [0.3, 0.4) is 0 Å². The van der Waals surface area contributed by atoms with E-state index in [0.29, 0.717) is 11.5 Å². The fourth-order valence-corrected chi connectivity index (χ4v) is 1.63. The lowest BCUT2D eigenvalue weighted by atomic mass is 10.0. The number of nitro groups is 1. The molecule has 0 saturated carbocycles. The Kier molecular flexibility index (Phi) is 2.86. The number of aliphatic hydroxyl groups excluding tert-OH is 1. The van der Waals surface area contributed by atoms with Crippen LogP contribution < -0.4 is 15.2 Å². The summed E-state index contributed by atoms with van der Waals surface area (Å²) in [5.41, 5.74) is 5.77. The minimum atomic E-state index is -0.894. The molecule has 3 N–H and O–H groups in total. The second-order valence-electron chi connectivity index (χ2n) is 3.79. The van der Waals surface area contributed by atoms with Crippen molar-refractivity contribution in [3.63, 3.8) is 0 Å². The van der Waals surface area contributed by atoms with Gasteiger partial charge < -0.3 is 20.3 Å². The van der Waals surface area contributed by atoms with Crippen molar-refractivity contribution in [2.75, 3.05) is 6.79 Å². The van der Waals surface area contributed by atoms with E-state index in [1.54, 1.807) is 0 Å². The summed E-state index contributed by atoms with van der Waals surface area (Å²) in [4.78, 5) is 10.4. The van der Waals surface area contributed by atoms with E-state index in [4.69, 9.17) is 15.2 Å². The standard InChI is InChI=1S/C10H12N2O5/c1-5(13)10(11)6-2-8-9(17-4-16-8)3-7(6)12(14)15/h2-3,5,10,13H,4,11H2,1H3/t5-,10-/m0/s1. The van der Waals surface area contributed by atoms with Crippen molar-refractivity contribution >= 4 is 5.69 Å². The highest BCUT2D eigenvalue weighted by atomic mass is 16.7. The fraction of sp³-hybridized carbons (Fsp3) is 0.400. The molecule has 0 bridgehead atoms. The molecule has 1 heterocycles. The molecule has 0 radical (unpaired) electrons. The van der Waals surface area contributed by atoms with Crippen LogP contribution in [0.4, 0.5) is 5.69 Å². The zero-order valence-corrected chi connectivity index (χ0v) is 9.12. The third-order valence-corrected chi connectivity index (χ3v) is 2.60. The number of ether oxygens (including phenoxy) is 2. The average Bonchev–Trinajstić information content (AvgIpc) is 2.72. The summed E-state index contributed by atoms with van der Waals surface area (Å²) in [7, 11) is 0. The van der Waals surface area contributed by atoms with Gasteiger partial charge in [0.1, 0.15) is 0 Å². The normalized spacial score (nSPS) is 16.6. The number of hydrogen-bond acceptors (Lipinski definition) is 6. The van der Waals surface area contributed by atoms with Gasteiger partial charge in [-0.15, -0.1) is 0 Å². The largest absolute Gasteiger partial charge is 0.454 e. The predicted molar refractivity (Wildman–Crippen MR) is 57.8 cm³/mol. The van der Waals surface area contributed by atoms with Crippen molar-refractivity contribution in [2.24, 2.45) is 5.73 Å². The number of hydrogen-bond donors (Lipinski definition) is 2. The summed E-state index contributed by atoms with van der Waals surface area (Å²) in [6.45, 7) is 1.50. The van der Waals surface area contributed by atoms with Crippen molar-refractivity contribution < 1.29 is 19.5 Å². The summed E-state index contributed by atoms with van der Waals surface area (Å²) in [5.74, 6) is 0.722. The summed E-state index contributed by atoms with van der Waals surface area (Å²) in [5, 5.41) is 20.3. The first-order valence-corrected chi connectivity index (χ1v) is 5.02. The highest BCUT2D eigenvalue weighted by Gasteiger charge is 2.28. The van der Waals surface area contributed by atoms with E-state index in [2.05, 4.69) is 0 Å². The van der Waals surface area contributed by atoms with E-state index in [-0.39, 0.29) is 18.0 Å². The molecule has 7 nitrogen and oxygen atoms in total. The van der Waals surface area contributed by atoms with Gasteiger partial charge >= 0.3 is 0 Å². The number of nitrogens with two attached hydrogens (primary N) is 1. The molecule has 1 aromatic carbocycles. The number of rotatable bonds is 3. The SMILES string of the molecule is C[C@H](O)[C@H](N)c1cc2c(cc1[N+](=O)[O-])OCO2. The van der Waals surface area contributed by atoms with Gasteiger partial charge in [-0.2, -0.15) is 0 Å². The van der Waals surface area contributed by atoms with Crippen LogP contribution in [0, 0.1) is 10.1 Å². The molecule has 0 amide bonds. The minimum Gasteiger partial charge on any atom is -0.454 e. The average molecular weight is 240 g/mol. The first-order chi connectivity index (χ1) is 8.00. The number of nitrogens with zero attached hydrogens (tertiary/aromatic N) is 1. The maximum atomic E-state index is 10.9. The molecule has 0 unspecified atom stereocenters. The van der Waals surface area contributed by atoms with Crippen molar-refractivity contribution in [1.29, 1.82) is 0 Å². The monoisotopic (exact) mass is 240 g/mol. The van der Waals surface area contributed by atoms with Crippen LogP contribution in [-0.4, -0.2) is 22.9 Å². The molecular formula is C10H12N2O5. The van der Waals surface area contributed by atoms with Gasteiger partial charge in [0, 0.05) is 0 Å². The Balaban J connectivity index is 2.52. The van der Waals surface area contributed by atoms with Crippen molar-refractivity contribution in [1.82, 2.24) is 0 Å². The molecule has 17 heavy (non-hydrogen) atoms. The van der Waals surface area contributed by atoms with Crippen LogP contribution in [0.1, 0.15) is 18.5 Å². The van der Waals surface area contributed by atoms with Crippen LogP contribution in [0.25, 0.3) is 0 Å². The van der Waals surface area contributed by atoms with Crippen molar-refractivity contribution in [2.45, 2.75) is 19.1 Å². The van der Waals surface area contributed by atoms with Gasteiger partial charge in [0.05, 0.1) is 28.7 Å². The fourth-order valence-electron chi connectivity index (χ4n) is 1.63. The Morgan fingerprint density at radius 2 is 2.06 bits per heavy atom. The van der Waals surface area contributed by atoms with E-state index >= 15 is 0 Å². The van der Waals surface area contributed by atoms with Gasteiger partial charge in [0.25, 0.3) is 5.69 Å². The molecule has 0 fully saturated rings. The molecule has 0 spiro atoms. The van der Waals surface area contributed by atoms with Gasteiger partial charge in [0.2, 0.25) is 6.79 Å². The summed E-state index contributed by atoms with van der Waals surface area (Å²) < 4.78 is 10.2. The van der Waals surface area contributed by atoms with Gasteiger partial charge in [-0.25, -0.2) is 0 Å². The molecule has 2 atom stereocenters. The van der Waals surface area contributed by atoms with Crippen LogP contribution in [-0.2, 0) is 0 Å². The number of nitro benzene ring substituents is 1. The molecular weight excluding hydrogens is 228 g/mol. The zero-order valence-electron chi connectivity index (χ0n) is 9.12. The molecule has 1 aliphatic heterocycles. The van der Waals surface area contributed by atoms with Crippen molar-refractivity contribution in [3.05, 3.63) is 27.8 Å². The van der Waals surface area contributed by atoms with Gasteiger partial charge in [0.15, 0.2) is 11.5 Å². The Morgan fingerprint density at radius 1 is 1.47 bits per heavy atom. The minimum absolute atomic E-state index is 0.0276. The third-order valence-electron chi connectivity index (χ3n) is 2.60. The van der Waals surface area contributed by atoms with E-state index in [1.165, 1.54) is 19.1 Å². The predicted octanol–water partition coefficient (Wildman–Crippen LogP) is 0.704. The first kappa shape index (κ1) is 11.6. The van der Waals surface area contributed by atoms with Crippen LogP contribution in [0.5, 0.6) is 11.5 Å². The topological polar surface area (TPSA) is 108 Å². The smallest absolute Gasteiger partial charge is 0.278 e. The Morgan fingerprint density at radius 3 is 2.59 bits per heavy atom. The van der Waals surface area contributed by atoms with Crippen LogP contribution >= 0.6 is 0 Å². The van der Waals surface area contributed by atoms with Crippen LogP contribution in [0.2, 0.25) is 0 Å². The first-order valence-electron chi connectivity index (χ1n) is 5.02. The van der Waals surface area contributed by atoms with Crippen molar-refractivity contribution in [3.8, 4) is 11.5 Å². The summed E-state index contributed by atoms with van der Waals surface area (Å²) in [6.07, 6.45) is -0.894. The highest BCUT2D eigenvalue weighted by Crippen LogP contribution is 2.40. The molecule has 1 aliphatic rings. The highest BCUT2D eigenvalue weighted by molar-refractivity contribution is 5.56. The molecule has 92 valence electrons.